The van der Waals surface area contributed by atoms with Crippen LogP contribution in [-0.2, 0) is 14.8 Å². The van der Waals surface area contributed by atoms with Gasteiger partial charge in [-0.1, -0.05) is 6.07 Å². The minimum absolute atomic E-state index is 0.0794. The Balaban J connectivity index is 1.67. The number of carbonyl (C=O) groups is 1. The van der Waals surface area contributed by atoms with E-state index in [0.717, 1.165) is 25.9 Å². The van der Waals surface area contributed by atoms with Crippen molar-refractivity contribution >= 4 is 21.5 Å². The molecule has 1 aliphatic heterocycles. The second-order valence-corrected chi connectivity index (χ2v) is 10.1. The standard InChI is InChI=1S/C22H29N5O3S/c23-21-19(22-24-11-4-12-25-22)5-3-6-20(21)31(29,30)27(16-15-26-13-1-2-14-26)17-7-9-18(28)10-8-17/h3-6,11-12,17H,1-2,7-10,13-16,23H2. The predicted molar refractivity (Wildman–Crippen MR) is 119 cm³/mol. The minimum Gasteiger partial charge on any atom is -0.397 e. The van der Waals surface area contributed by atoms with Crippen molar-refractivity contribution in [3.8, 4) is 11.4 Å². The summed E-state index contributed by atoms with van der Waals surface area (Å²) in [6.45, 7) is 3.08. The van der Waals surface area contributed by atoms with Crippen molar-refractivity contribution in [2.45, 2.75) is 49.5 Å². The van der Waals surface area contributed by atoms with Gasteiger partial charge in [0.1, 0.15) is 10.7 Å². The summed E-state index contributed by atoms with van der Waals surface area (Å²) >= 11 is 0. The number of benzene rings is 1. The van der Waals surface area contributed by atoms with Gasteiger partial charge in [-0.15, -0.1) is 0 Å². The van der Waals surface area contributed by atoms with Gasteiger partial charge in [-0.3, -0.25) is 4.79 Å². The van der Waals surface area contributed by atoms with E-state index < -0.39 is 10.0 Å². The lowest BCUT2D eigenvalue weighted by molar-refractivity contribution is -0.121. The van der Waals surface area contributed by atoms with Gasteiger partial charge in [-0.05, 0) is 57.0 Å². The molecule has 0 bridgehead atoms. The van der Waals surface area contributed by atoms with Crippen molar-refractivity contribution < 1.29 is 13.2 Å². The molecule has 0 atom stereocenters. The van der Waals surface area contributed by atoms with Gasteiger partial charge in [0.25, 0.3) is 0 Å². The van der Waals surface area contributed by atoms with Crippen molar-refractivity contribution in [3.05, 3.63) is 36.7 Å². The molecule has 2 aliphatic rings. The van der Waals surface area contributed by atoms with Crippen LogP contribution in [0.4, 0.5) is 5.69 Å². The molecule has 1 aliphatic carbocycles. The first-order valence-electron chi connectivity index (χ1n) is 10.9. The zero-order chi connectivity index (χ0) is 21.8. The number of ketones is 1. The highest BCUT2D eigenvalue weighted by Crippen LogP contribution is 2.33. The highest BCUT2D eigenvalue weighted by atomic mass is 32.2. The third-order valence-corrected chi connectivity index (χ3v) is 8.22. The molecular formula is C22H29N5O3S. The topological polar surface area (TPSA) is 109 Å². The summed E-state index contributed by atoms with van der Waals surface area (Å²) in [4.78, 5) is 22.6. The Morgan fingerprint density at radius 2 is 1.74 bits per heavy atom. The molecule has 2 fully saturated rings. The molecule has 0 spiro atoms. The van der Waals surface area contributed by atoms with Crippen molar-refractivity contribution in [2.75, 3.05) is 31.9 Å². The zero-order valence-corrected chi connectivity index (χ0v) is 18.4. The lowest BCUT2D eigenvalue weighted by Gasteiger charge is -2.34. The number of para-hydroxylation sites is 1. The van der Waals surface area contributed by atoms with Crippen molar-refractivity contribution in [3.63, 3.8) is 0 Å². The lowest BCUT2D eigenvalue weighted by atomic mass is 9.94. The van der Waals surface area contributed by atoms with Gasteiger partial charge >= 0.3 is 0 Å². The molecule has 1 aromatic heterocycles. The molecule has 2 N–H and O–H groups in total. The van der Waals surface area contributed by atoms with E-state index in [-0.39, 0.29) is 22.4 Å². The minimum atomic E-state index is -3.86. The normalized spacial score (nSPS) is 18.7. The van der Waals surface area contributed by atoms with Crippen LogP contribution in [0, 0.1) is 0 Å². The molecule has 31 heavy (non-hydrogen) atoms. The Bertz CT molecular complexity index is 1010. The molecule has 1 saturated heterocycles. The lowest BCUT2D eigenvalue weighted by Crippen LogP contribution is -2.46. The molecule has 4 rings (SSSR count). The smallest absolute Gasteiger partial charge is 0.245 e. The number of rotatable bonds is 7. The summed E-state index contributed by atoms with van der Waals surface area (Å²) in [5.41, 5.74) is 7.02. The Labute approximate surface area is 183 Å². The fourth-order valence-electron chi connectivity index (χ4n) is 4.49. The molecular weight excluding hydrogens is 414 g/mol. The number of hydrogen-bond donors (Lipinski definition) is 1. The first-order chi connectivity index (χ1) is 15.0. The van der Waals surface area contributed by atoms with Gasteiger partial charge in [-0.25, -0.2) is 18.4 Å². The van der Waals surface area contributed by atoms with Crippen LogP contribution in [0.1, 0.15) is 38.5 Å². The number of nitrogens with zero attached hydrogens (tertiary/aromatic N) is 4. The monoisotopic (exact) mass is 443 g/mol. The van der Waals surface area contributed by atoms with E-state index in [1.165, 1.54) is 0 Å². The molecule has 0 amide bonds. The van der Waals surface area contributed by atoms with Crippen LogP contribution in [0.5, 0.6) is 0 Å². The molecule has 1 aromatic carbocycles. The maximum Gasteiger partial charge on any atom is 0.245 e. The second kappa shape index (κ2) is 9.42. The summed E-state index contributed by atoms with van der Waals surface area (Å²) in [7, 11) is -3.86. The van der Waals surface area contributed by atoms with E-state index in [2.05, 4.69) is 14.9 Å². The SMILES string of the molecule is Nc1c(-c2ncccn2)cccc1S(=O)(=O)N(CCN1CCCC1)C1CCC(=O)CC1. The van der Waals surface area contributed by atoms with Crippen LogP contribution >= 0.6 is 0 Å². The number of carbonyl (C=O) groups excluding carboxylic acids is 1. The van der Waals surface area contributed by atoms with Gasteiger partial charge in [-0.2, -0.15) is 4.31 Å². The van der Waals surface area contributed by atoms with Crippen LogP contribution in [0.2, 0.25) is 0 Å². The van der Waals surface area contributed by atoms with E-state index in [0.29, 0.717) is 50.2 Å². The summed E-state index contributed by atoms with van der Waals surface area (Å²) in [5.74, 6) is 0.597. The Kier molecular flexibility index (Phi) is 6.64. The number of anilines is 1. The summed E-state index contributed by atoms with van der Waals surface area (Å²) in [6.07, 6.45) is 7.46. The van der Waals surface area contributed by atoms with Gasteiger partial charge < -0.3 is 10.6 Å². The van der Waals surface area contributed by atoms with Gasteiger partial charge in [0.15, 0.2) is 5.82 Å². The molecule has 2 heterocycles. The third-order valence-electron chi connectivity index (χ3n) is 6.21. The molecule has 9 heteroatoms. The van der Waals surface area contributed by atoms with Gasteiger partial charge in [0.05, 0.1) is 5.69 Å². The highest BCUT2D eigenvalue weighted by Gasteiger charge is 2.35. The zero-order valence-electron chi connectivity index (χ0n) is 17.6. The Morgan fingerprint density at radius 1 is 1.06 bits per heavy atom. The van der Waals surface area contributed by atoms with E-state index in [4.69, 9.17) is 5.73 Å². The second-order valence-electron chi connectivity index (χ2n) is 8.22. The Morgan fingerprint density at radius 3 is 2.42 bits per heavy atom. The van der Waals surface area contributed by atoms with E-state index >= 15 is 0 Å². The molecule has 2 aromatic rings. The number of hydrogen-bond acceptors (Lipinski definition) is 7. The largest absolute Gasteiger partial charge is 0.397 e. The summed E-state index contributed by atoms with van der Waals surface area (Å²) in [5, 5.41) is 0. The molecule has 166 valence electrons. The third kappa shape index (κ3) is 4.78. The Hall–Kier alpha value is -2.36. The number of nitrogen functional groups attached to an aromatic ring is 1. The van der Waals surface area contributed by atoms with E-state index in [1.54, 1.807) is 41.0 Å². The molecule has 0 radical (unpaired) electrons. The van der Waals surface area contributed by atoms with Crippen molar-refractivity contribution in [1.29, 1.82) is 0 Å². The van der Waals surface area contributed by atoms with Gasteiger partial charge in [0.2, 0.25) is 10.0 Å². The maximum atomic E-state index is 13.8. The average Bonchev–Trinajstić information content (AvgIpc) is 3.29. The highest BCUT2D eigenvalue weighted by molar-refractivity contribution is 7.89. The molecule has 1 saturated carbocycles. The van der Waals surface area contributed by atoms with E-state index in [9.17, 15) is 13.2 Å². The maximum absolute atomic E-state index is 13.8. The van der Waals surface area contributed by atoms with Crippen LogP contribution in [0.25, 0.3) is 11.4 Å². The first kappa shape index (κ1) is 21.9. The fourth-order valence-corrected chi connectivity index (χ4v) is 6.30. The summed E-state index contributed by atoms with van der Waals surface area (Å²) < 4.78 is 29.2. The van der Waals surface area contributed by atoms with Crippen LogP contribution in [0.3, 0.4) is 0 Å². The molecule has 0 unspecified atom stereocenters. The number of likely N-dealkylation sites (tertiary alicyclic amines) is 1. The van der Waals surface area contributed by atoms with Crippen LogP contribution in [0.15, 0.2) is 41.6 Å². The first-order valence-corrected chi connectivity index (χ1v) is 12.3. The van der Waals surface area contributed by atoms with Crippen molar-refractivity contribution in [1.82, 2.24) is 19.2 Å². The number of sulfonamides is 1. The van der Waals surface area contributed by atoms with Gasteiger partial charge in [0, 0.05) is 49.9 Å². The average molecular weight is 444 g/mol. The quantitative estimate of drug-likeness (QED) is 0.654. The van der Waals surface area contributed by atoms with Crippen LogP contribution in [-0.4, -0.2) is 65.6 Å². The molecule has 8 nitrogen and oxygen atoms in total. The van der Waals surface area contributed by atoms with Crippen molar-refractivity contribution in [2.24, 2.45) is 0 Å². The number of aromatic nitrogens is 2. The summed E-state index contributed by atoms with van der Waals surface area (Å²) in [6, 6.07) is 6.47. The number of nitrogens with two attached hydrogens (primary N) is 1. The van der Waals surface area contributed by atoms with Crippen LogP contribution < -0.4 is 5.73 Å². The van der Waals surface area contributed by atoms with E-state index in [1.807, 2.05) is 0 Å². The predicted octanol–water partition coefficient (Wildman–Crippen LogP) is 2.32. The fraction of sp³-hybridized carbons (Fsp3) is 0.500. The number of Topliss-reactive ketones (excluding diaryl/α,β-unsaturated/α-hetero) is 1.